The zero-order valence-electron chi connectivity index (χ0n) is 12.0. The maximum absolute atomic E-state index is 5.84. The Morgan fingerprint density at radius 1 is 1.32 bits per heavy atom. The number of rotatable bonds is 2. The third-order valence-corrected chi connectivity index (χ3v) is 6.46. The van der Waals surface area contributed by atoms with Gasteiger partial charge in [-0.2, -0.15) is 0 Å². The second-order valence-electron chi connectivity index (χ2n) is 7.23. The summed E-state index contributed by atoms with van der Waals surface area (Å²) < 4.78 is 1.22. The molecule has 0 saturated heterocycles. The van der Waals surface area contributed by atoms with Gasteiger partial charge in [0, 0.05) is 21.0 Å². The Hall–Kier alpha value is -0.450. The first-order chi connectivity index (χ1) is 8.83. The first-order valence-electron chi connectivity index (χ1n) is 7.14. The number of benzene rings is 1. The summed E-state index contributed by atoms with van der Waals surface area (Å²) in [5, 5.41) is 3.84. The molecule has 0 radical (unpaired) electrons. The lowest BCUT2D eigenvalue weighted by molar-refractivity contribution is 0.155. The number of halogens is 1. The van der Waals surface area contributed by atoms with Crippen molar-refractivity contribution in [1.29, 1.82) is 0 Å². The molecule has 0 aromatic heterocycles. The highest BCUT2D eigenvalue weighted by Crippen LogP contribution is 2.63. The van der Waals surface area contributed by atoms with Crippen molar-refractivity contribution in [3.63, 3.8) is 0 Å². The molecule has 1 aromatic carbocycles. The summed E-state index contributed by atoms with van der Waals surface area (Å²) in [7, 11) is 0. The van der Waals surface area contributed by atoms with E-state index >= 15 is 0 Å². The number of fused-ring (bicyclic) bond motifs is 2. The Morgan fingerprint density at radius 2 is 2.05 bits per heavy atom. The van der Waals surface area contributed by atoms with E-state index in [0.29, 0.717) is 16.9 Å². The second-order valence-corrected chi connectivity index (χ2v) is 8.39. The fraction of sp³-hybridized carbons (Fsp3) is 0.625. The molecular formula is C16H23IN2. The van der Waals surface area contributed by atoms with Crippen LogP contribution in [0, 0.1) is 20.3 Å². The van der Waals surface area contributed by atoms with Crippen LogP contribution in [0.15, 0.2) is 18.2 Å². The van der Waals surface area contributed by atoms with Gasteiger partial charge in [-0.25, -0.2) is 0 Å². The highest BCUT2D eigenvalue weighted by atomic mass is 127. The maximum Gasteiger partial charge on any atom is 0.0479 e. The number of nitrogens with two attached hydrogens (primary N) is 1. The third kappa shape index (κ3) is 2.05. The molecule has 0 spiro atoms. The first-order valence-corrected chi connectivity index (χ1v) is 8.22. The van der Waals surface area contributed by atoms with Gasteiger partial charge in [-0.3, -0.25) is 0 Å². The third-order valence-electron chi connectivity index (χ3n) is 5.56. The smallest absolute Gasteiger partial charge is 0.0479 e. The van der Waals surface area contributed by atoms with Gasteiger partial charge in [0.1, 0.15) is 0 Å². The molecule has 3 rings (SSSR count). The van der Waals surface area contributed by atoms with Crippen molar-refractivity contribution in [2.45, 2.75) is 46.1 Å². The van der Waals surface area contributed by atoms with Crippen LogP contribution in [0.4, 0.5) is 11.4 Å². The predicted octanol–water partition coefficient (Wildman–Crippen LogP) is 4.50. The molecule has 3 unspecified atom stereocenters. The highest BCUT2D eigenvalue weighted by molar-refractivity contribution is 14.1. The van der Waals surface area contributed by atoms with E-state index in [1.807, 2.05) is 12.1 Å². The van der Waals surface area contributed by atoms with E-state index < -0.39 is 0 Å². The Labute approximate surface area is 129 Å². The summed E-state index contributed by atoms with van der Waals surface area (Å²) in [6, 6.07) is 6.73. The van der Waals surface area contributed by atoms with Crippen molar-refractivity contribution >= 4 is 34.0 Å². The van der Waals surface area contributed by atoms with Gasteiger partial charge in [0.15, 0.2) is 0 Å². The Balaban J connectivity index is 1.90. The number of nitrogen functional groups attached to an aromatic ring is 1. The van der Waals surface area contributed by atoms with Gasteiger partial charge in [-0.05, 0) is 76.8 Å². The molecule has 2 aliphatic carbocycles. The van der Waals surface area contributed by atoms with Crippen molar-refractivity contribution in [3.05, 3.63) is 21.8 Å². The van der Waals surface area contributed by atoms with E-state index in [1.54, 1.807) is 0 Å². The fourth-order valence-corrected chi connectivity index (χ4v) is 5.16. The molecule has 0 aliphatic heterocycles. The topological polar surface area (TPSA) is 38.0 Å². The average Bonchev–Trinajstić information content (AvgIpc) is 2.78. The van der Waals surface area contributed by atoms with Gasteiger partial charge in [-0.15, -0.1) is 0 Å². The van der Waals surface area contributed by atoms with Gasteiger partial charge < -0.3 is 11.1 Å². The molecule has 3 N–H and O–H groups in total. The lowest BCUT2D eigenvalue weighted by Gasteiger charge is -2.43. The van der Waals surface area contributed by atoms with Crippen LogP contribution in [0.3, 0.4) is 0 Å². The number of hydrogen-bond donors (Lipinski definition) is 2. The molecule has 2 nitrogen and oxygen atoms in total. The molecule has 3 heteroatoms. The molecule has 3 atom stereocenters. The van der Waals surface area contributed by atoms with Crippen molar-refractivity contribution in [2.75, 3.05) is 11.1 Å². The van der Waals surface area contributed by atoms with Crippen LogP contribution in [0.25, 0.3) is 0 Å². The maximum atomic E-state index is 5.84. The zero-order valence-corrected chi connectivity index (χ0v) is 14.1. The minimum absolute atomic E-state index is 0.386. The standard InChI is InChI=1S/C16H23IN2/c1-15(2)10-6-7-16(3,9-10)14(15)19-13-5-4-11(18)8-12(13)17/h4-5,8,10,14,19H,6-7,9,18H2,1-3H3. The lowest BCUT2D eigenvalue weighted by atomic mass is 9.68. The van der Waals surface area contributed by atoms with E-state index in [0.717, 1.165) is 11.6 Å². The van der Waals surface area contributed by atoms with E-state index in [2.05, 4.69) is 54.7 Å². The van der Waals surface area contributed by atoms with Crippen molar-refractivity contribution in [1.82, 2.24) is 0 Å². The normalized spacial score (nSPS) is 35.6. The molecule has 0 heterocycles. The molecular weight excluding hydrogens is 347 g/mol. The Morgan fingerprint density at radius 3 is 2.63 bits per heavy atom. The van der Waals surface area contributed by atoms with E-state index in [-0.39, 0.29) is 0 Å². The second kappa shape index (κ2) is 4.27. The minimum atomic E-state index is 0.386. The summed E-state index contributed by atoms with van der Waals surface area (Å²) in [5.74, 6) is 0.876. The SMILES string of the molecule is CC12CCC(C1)C(C)(C)C2Nc1ccc(N)cc1I. The van der Waals surface area contributed by atoms with E-state index in [4.69, 9.17) is 5.73 Å². The molecule has 2 saturated carbocycles. The number of nitrogens with one attached hydrogen (secondary N) is 1. The van der Waals surface area contributed by atoms with Gasteiger partial charge in [0.25, 0.3) is 0 Å². The van der Waals surface area contributed by atoms with Crippen LogP contribution < -0.4 is 11.1 Å². The van der Waals surface area contributed by atoms with Crippen LogP contribution in [-0.2, 0) is 0 Å². The minimum Gasteiger partial charge on any atom is -0.399 e. The van der Waals surface area contributed by atoms with Crippen LogP contribution in [-0.4, -0.2) is 6.04 Å². The highest BCUT2D eigenvalue weighted by Gasteiger charge is 2.59. The predicted molar refractivity (Wildman–Crippen MR) is 90.2 cm³/mol. The van der Waals surface area contributed by atoms with Crippen molar-refractivity contribution in [2.24, 2.45) is 16.7 Å². The van der Waals surface area contributed by atoms with Crippen molar-refractivity contribution in [3.8, 4) is 0 Å². The summed E-state index contributed by atoms with van der Waals surface area (Å²) >= 11 is 2.38. The molecule has 2 aliphatic rings. The van der Waals surface area contributed by atoms with Gasteiger partial charge in [-0.1, -0.05) is 20.8 Å². The zero-order chi connectivity index (χ0) is 13.8. The van der Waals surface area contributed by atoms with Crippen LogP contribution in [0.1, 0.15) is 40.0 Å². The Bertz CT molecular complexity index is 507. The van der Waals surface area contributed by atoms with Gasteiger partial charge >= 0.3 is 0 Å². The van der Waals surface area contributed by atoms with Crippen LogP contribution >= 0.6 is 22.6 Å². The molecule has 0 amide bonds. The van der Waals surface area contributed by atoms with Crippen LogP contribution in [0.2, 0.25) is 0 Å². The monoisotopic (exact) mass is 370 g/mol. The van der Waals surface area contributed by atoms with Gasteiger partial charge in [0.2, 0.25) is 0 Å². The lowest BCUT2D eigenvalue weighted by Crippen LogP contribution is -2.45. The average molecular weight is 370 g/mol. The largest absolute Gasteiger partial charge is 0.399 e. The number of anilines is 2. The fourth-order valence-electron chi connectivity index (χ4n) is 4.47. The van der Waals surface area contributed by atoms with Crippen LogP contribution in [0.5, 0.6) is 0 Å². The first kappa shape index (κ1) is 13.5. The molecule has 104 valence electrons. The molecule has 2 fully saturated rings. The van der Waals surface area contributed by atoms with Gasteiger partial charge in [0.05, 0.1) is 0 Å². The summed E-state index contributed by atoms with van der Waals surface area (Å²) in [4.78, 5) is 0. The number of hydrogen-bond acceptors (Lipinski definition) is 2. The summed E-state index contributed by atoms with van der Waals surface area (Å²) in [6.45, 7) is 7.33. The quantitative estimate of drug-likeness (QED) is 0.594. The molecule has 19 heavy (non-hydrogen) atoms. The summed E-state index contributed by atoms with van der Waals surface area (Å²) in [5.41, 5.74) is 8.76. The van der Waals surface area contributed by atoms with E-state index in [9.17, 15) is 0 Å². The van der Waals surface area contributed by atoms with E-state index in [1.165, 1.54) is 28.5 Å². The van der Waals surface area contributed by atoms with Crippen molar-refractivity contribution < 1.29 is 0 Å². The summed E-state index contributed by atoms with van der Waals surface area (Å²) in [6.07, 6.45) is 4.15. The Kier molecular flexibility index (Phi) is 3.04. The molecule has 1 aromatic rings. The molecule has 2 bridgehead atoms.